The fourth-order valence-corrected chi connectivity index (χ4v) is 6.09. The monoisotopic (exact) mass is 611 g/mol. The van der Waals surface area contributed by atoms with Gasteiger partial charge in [-0.05, 0) is 43.4 Å². The molecule has 0 aliphatic heterocycles. The molecule has 0 spiro atoms. The maximum absolute atomic E-state index is 3.76. The second-order valence-electron chi connectivity index (χ2n) is 9.75. The van der Waals surface area contributed by atoms with Crippen LogP contribution in [0.2, 0.25) is 0 Å². The standard InChI is InChI=1S/C22H21.C13H10.2ClH.Zr/c1-13-9-10-18-11-19-12-20(17-7-5-6-8-17)15(3)16(4)22(19)21(18)14(13)2;1-3-7-12(8-4-1)11-13-9-5-2-6-10-13;;;/h5-7,9-10H,8,11H2,1-4H3;1-10H;2*1H;/q-1;;;;+2/p-2. The molecular formula is C35H31Cl2Zr-. The summed E-state index contributed by atoms with van der Waals surface area (Å²) in [4.78, 5) is 0. The maximum atomic E-state index is 3.76. The van der Waals surface area contributed by atoms with E-state index >= 15 is 0 Å². The molecule has 0 saturated heterocycles. The summed E-state index contributed by atoms with van der Waals surface area (Å²) in [6.07, 6.45) is 8.70. The summed E-state index contributed by atoms with van der Waals surface area (Å²) in [5.74, 6) is 0. The number of rotatable bonds is 3. The zero-order valence-corrected chi connectivity index (χ0v) is 26.3. The van der Waals surface area contributed by atoms with E-state index in [0.717, 1.165) is 12.8 Å². The Balaban J connectivity index is 0.000000219. The van der Waals surface area contributed by atoms with Gasteiger partial charge in [0.05, 0.1) is 0 Å². The third-order valence-electron chi connectivity index (χ3n) is 7.55. The van der Waals surface area contributed by atoms with Crippen molar-refractivity contribution in [2.24, 2.45) is 0 Å². The van der Waals surface area contributed by atoms with E-state index in [9.17, 15) is 0 Å². The van der Waals surface area contributed by atoms with Gasteiger partial charge in [-0.3, -0.25) is 0 Å². The first-order chi connectivity index (χ1) is 17.5. The number of fused-ring (bicyclic) bond motifs is 3. The summed E-state index contributed by atoms with van der Waals surface area (Å²) in [7, 11) is 0. The molecule has 4 aromatic rings. The van der Waals surface area contributed by atoms with Crippen LogP contribution in [0.4, 0.5) is 0 Å². The molecule has 38 heavy (non-hydrogen) atoms. The van der Waals surface area contributed by atoms with Gasteiger partial charge >= 0.3 is 99.2 Å². The average molecular weight is 614 g/mol. The van der Waals surface area contributed by atoms with Gasteiger partial charge in [-0.15, -0.1) is 40.0 Å². The second kappa shape index (κ2) is 13.2. The SMILES string of the molecule is Cc1ccc2c(c1C)-c1c([c-]c(C3=CC=CC3)c(C)c1C)C2.[Cl-].[Cl-].[Zr+2]=[C](c1ccccc1)c1ccccc1. The van der Waals surface area contributed by atoms with Crippen LogP contribution >= 0.6 is 0 Å². The van der Waals surface area contributed by atoms with E-state index in [-0.39, 0.29) is 24.8 Å². The molecule has 0 unspecified atom stereocenters. The average Bonchev–Trinajstić information content (AvgIpc) is 3.58. The molecule has 190 valence electrons. The molecule has 0 saturated carbocycles. The Morgan fingerprint density at radius 2 is 1.32 bits per heavy atom. The van der Waals surface area contributed by atoms with Crippen LogP contribution < -0.4 is 24.8 Å². The van der Waals surface area contributed by atoms with Gasteiger partial charge in [0.15, 0.2) is 0 Å². The summed E-state index contributed by atoms with van der Waals surface area (Å²) in [6, 6.07) is 29.4. The van der Waals surface area contributed by atoms with Crippen LogP contribution in [0.5, 0.6) is 0 Å². The minimum absolute atomic E-state index is 0. The van der Waals surface area contributed by atoms with Crippen molar-refractivity contribution in [1.29, 1.82) is 0 Å². The summed E-state index contributed by atoms with van der Waals surface area (Å²) in [5, 5.41) is 0. The van der Waals surface area contributed by atoms with Gasteiger partial charge in [-0.2, -0.15) is 0 Å². The van der Waals surface area contributed by atoms with Crippen molar-refractivity contribution in [2.45, 2.75) is 40.5 Å². The predicted molar refractivity (Wildman–Crippen MR) is 150 cm³/mol. The molecule has 0 radical (unpaired) electrons. The van der Waals surface area contributed by atoms with E-state index in [1.807, 2.05) is 0 Å². The zero-order valence-electron chi connectivity index (χ0n) is 22.3. The first kappa shape index (κ1) is 30.2. The number of hydrogen-bond donors (Lipinski definition) is 0. The summed E-state index contributed by atoms with van der Waals surface area (Å²) < 4.78 is 1.42. The van der Waals surface area contributed by atoms with Crippen molar-refractivity contribution >= 4 is 8.78 Å². The van der Waals surface area contributed by atoms with Crippen molar-refractivity contribution in [1.82, 2.24) is 0 Å². The first-order valence-electron chi connectivity index (χ1n) is 12.7. The molecular weight excluding hydrogens is 583 g/mol. The van der Waals surface area contributed by atoms with Crippen molar-refractivity contribution in [3.8, 4) is 11.1 Å². The van der Waals surface area contributed by atoms with Gasteiger partial charge in [0.1, 0.15) is 0 Å². The Labute approximate surface area is 255 Å². The van der Waals surface area contributed by atoms with Gasteiger partial charge < -0.3 is 24.8 Å². The fourth-order valence-electron chi connectivity index (χ4n) is 5.27. The third kappa shape index (κ3) is 5.97. The van der Waals surface area contributed by atoms with E-state index in [0.29, 0.717) is 0 Å². The number of aryl methyl sites for hydroxylation is 1. The molecule has 4 aromatic carbocycles. The summed E-state index contributed by atoms with van der Waals surface area (Å²) >= 11 is 1.46. The van der Waals surface area contributed by atoms with E-state index in [1.54, 1.807) is 0 Å². The van der Waals surface area contributed by atoms with Crippen LogP contribution in [0, 0.1) is 33.8 Å². The van der Waals surface area contributed by atoms with Crippen LogP contribution in [0.1, 0.15) is 56.5 Å². The number of allylic oxidation sites excluding steroid dienone is 4. The van der Waals surface area contributed by atoms with Crippen LogP contribution in [-0.4, -0.2) is 3.21 Å². The summed E-state index contributed by atoms with van der Waals surface area (Å²) in [5.41, 5.74) is 16.8. The van der Waals surface area contributed by atoms with Crippen LogP contribution in [0.3, 0.4) is 0 Å². The Morgan fingerprint density at radius 1 is 0.711 bits per heavy atom. The minimum atomic E-state index is 0. The summed E-state index contributed by atoms with van der Waals surface area (Å²) in [6.45, 7) is 9.01. The normalized spacial score (nSPS) is 12.3. The van der Waals surface area contributed by atoms with Crippen LogP contribution in [0.15, 0.2) is 91.0 Å². The molecule has 6 rings (SSSR count). The quantitative estimate of drug-likeness (QED) is 0.275. The van der Waals surface area contributed by atoms with E-state index in [1.165, 1.54) is 94.2 Å². The van der Waals surface area contributed by atoms with E-state index < -0.39 is 0 Å². The number of halogens is 2. The molecule has 3 heteroatoms. The zero-order chi connectivity index (χ0) is 25.2. The molecule has 0 bridgehead atoms. The van der Waals surface area contributed by atoms with Crippen molar-refractivity contribution in [3.63, 3.8) is 0 Å². The topological polar surface area (TPSA) is 0 Å². The number of benzene rings is 4. The fraction of sp³-hybridized carbons (Fsp3) is 0.171. The van der Waals surface area contributed by atoms with Crippen molar-refractivity contribution in [3.05, 3.63) is 147 Å². The van der Waals surface area contributed by atoms with Crippen molar-refractivity contribution in [2.75, 3.05) is 0 Å². The molecule has 0 heterocycles. The molecule has 0 amide bonds. The molecule has 0 N–H and O–H groups in total. The predicted octanol–water partition coefficient (Wildman–Crippen LogP) is 2.45. The first-order valence-corrected chi connectivity index (χ1v) is 13.9. The molecule has 0 aromatic heterocycles. The Kier molecular flexibility index (Phi) is 10.5. The Hall–Kier alpha value is -2.31. The molecule has 0 nitrogen and oxygen atoms in total. The molecule has 2 aliphatic carbocycles. The van der Waals surface area contributed by atoms with E-state index in [2.05, 4.69) is 125 Å². The van der Waals surface area contributed by atoms with Gasteiger partial charge in [0.25, 0.3) is 0 Å². The molecule has 2 aliphatic rings. The van der Waals surface area contributed by atoms with Crippen molar-refractivity contribution < 1.29 is 49.0 Å². The van der Waals surface area contributed by atoms with Gasteiger partial charge in [-0.1, -0.05) is 49.3 Å². The third-order valence-corrected chi connectivity index (χ3v) is 8.97. The van der Waals surface area contributed by atoms with Gasteiger partial charge in [-0.25, -0.2) is 0 Å². The Morgan fingerprint density at radius 3 is 1.87 bits per heavy atom. The molecule has 0 fully saturated rings. The van der Waals surface area contributed by atoms with E-state index in [4.69, 9.17) is 0 Å². The molecule has 0 atom stereocenters. The van der Waals surface area contributed by atoms with Crippen LogP contribution in [0.25, 0.3) is 16.7 Å². The van der Waals surface area contributed by atoms with Gasteiger partial charge in [0, 0.05) is 0 Å². The second-order valence-corrected chi connectivity index (χ2v) is 11.0. The van der Waals surface area contributed by atoms with Gasteiger partial charge in [0.2, 0.25) is 0 Å². The van der Waals surface area contributed by atoms with Crippen LogP contribution in [-0.2, 0) is 30.7 Å². The Bertz CT molecular complexity index is 1470. The number of hydrogen-bond acceptors (Lipinski definition) is 0.